The first-order valence-corrected chi connectivity index (χ1v) is 14.9. The van der Waals surface area contributed by atoms with Gasteiger partial charge >= 0.3 is 6.18 Å². The van der Waals surface area contributed by atoms with Crippen molar-refractivity contribution in [2.45, 2.75) is 93.5 Å². The van der Waals surface area contributed by atoms with Crippen molar-refractivity contribution in [1.82, 2.24) is 14.9 Å². The second-order valence-corrected chi connectivity index (χ2v) is 12.6. The Labute approximate surface area is 222 Å². The number of fused-ring (bicyclic) bond motifs is 1. The lowest BCUT2D eigenvalue weighted by molar-refractivity contribution is -0.137. The number of piperidine rings is 1. The average Bonchev–Trinajstić information content (AvgIpc) is 3.72. The molecule has 1 saturated carbocycles. The van der Waals surface area contributed by atoms with Crippen LogP contribution in [0.1, 0.15) is 79.7 Å². The van der Waals surface area contributed by atoms with E-state index < -0.39 is 32.7 Å². The molecule has 1 aliphatic heterocycles. The van der Waals surface area contributed by atoms with Gasteiger partial charge in [-0.05, 0) is 79.8 Å². The lowest BCUT2D eigenvalue weighted by Gasteiger charge is -2.35. The zero-order chi connectivity index (χ0) is 26.9. The zero-order valence-corrected chi connectivity index (χ0v) is 22.1. The quantitative estimate of drug-likeness (QED) is 0.481. The van der Waals surface area contributed by atoms with Crippen LogP contribution in [0.15, 0.2) is 47.4 Å². The van der Waals surface area contributed by atoms with Gasteiger partial charge in [0.2, 0.25) is 15.9 Å². The van der Waals surface area contributed by atoms with Crippen LogP contribution in [-0.4, -0.2) is 37.3 Å². The normalized spacial score (nSPS) is 22.6. The van der Waals surface area contributed by atoms with E-state index >= 15 is 0 Å². The molecular weight excluding hydrogens is 515 g/mol. The second kappa shape index (κ2) is 11.0. The van der Waals surface area contributed by atoms with Gasteiger partial charge in [-0.3, -0.25) is 4.79 Å². The number of aryl methyl sites for hydroxylation is 1. The van der Waals surface area contributed by atoms with E-state index in [9.17, 15) is 26.4 Å². The van der Waals surface area contributed by atoms with E-state index in [1.165, 1.54) is 34.3 Å². The van der Waals surface area contributed by atoms with Gasteiger partial charge in [-0.15, -0.1) is 0 Å². The van der Waals surface area contributed by atoms with Crippen LogP contribution >= 0.6 is 0 Å². The van der Waals surface area contributed by atoms with Crippen LogP contribution < -0.4 is 10.6 Å². The Morgan fingerprint density at radius 2 is 1.82 bits per heavy atom. The summed E-state index contributed by atoms with van der Waals surface area (Å²) in [6, 6.07) is 10.1. The fourth-order valence-corrected chi connectivity index (χ4v) is 7.35. The van der Waals surface area contributed by atoms with E-state index in [4.69, 9.17) is 0 Å². The van der Waals surface area contributed by atoms with Crippen molar-refractivity contribution in [2.75, 3.05) is 6.54 Å². The van der Waals surface area contributed by atoms with Gasteiger partial charge in [-0.1, -0.05) is 30.7 Å². The molecule has 0 bridgehead atoms. The number of benzene rings is 2. The Morgan fingerprint density at radius 1 is 1.00 bits per heavy atom. The van der Waals surface area contributed by atoms with Gasteiger partial charge in [-0.25, -0.2) is 8.42 Å². The number of hydrogen-bond acceptors (Lipinski definition) is 4. The van der Waals surface area contributed by atoms with Crippen molar-refractivity contribution in [3.63, 3.8) is 0 Å². The Kier molecular flexibility index (Phi) is 7.84. The lowest BCUT2D eigenvalue weighted by Crippen LogP contribution is -2.46. The average molecular weight is 550 g/mol. The number of nitrogens with one attached hydrogen (secondary N) is 2. The summed E-state index contributed by atoms with van der Waals surface area (Å²) in [5.41, 5.74) is 2.58. The van der Waals surface area contributed by atoms with Crippen LogP contribution in [-0.2, 0) is 34.0 Å². The molecule has 2 fully saturated rings. The number of hydrogen-bond donors (Lipinski definition) is 2. The highest BCUT2D eigenvalue weighted by molar-refractivity contribution is 7.89. The molecule has 6 nitrogen and oxygen atoms in total. The topological polar surface area (TPSA) is 78.5 Å². The predicted molar refractivity (Wildman–Crippen MR) is 138 cm³/mol. The number of carbonyl (C=O) groups is 1. The fourth-order valence-electron chi connectivity index (χ4n) is 5.61. The molecule has 0 radical (unpaired) electrons. The third-order valence-electron chi connectivity index (χ3n) is 7.79. The number of amides is 1. The molecule has 1 saturated heterocycles. The van der Waals surface area contributed by atoms with Crippen molar-refractivity contribution >= 4 is 15.9 Å². The fraction of sp³-hybridized carbons (Fsp3) is 0.536. The predicted octanol–water partition coefficient (Wildman–Crippen LogP) is 5.08. The first-order valence-electron chi connectivity index (χ1n) is 13.4. The number of halogens is 3. The minimum Gasteiger partial charge on any atom is -0.349 e. The minimum absolute atomic E-state index is 0.0204. The standard InChI is InChI=1S/C28H34F3N3O3S/c29-28(30,31)21-6-4-8-24(16-21)38(36,37)34-14-2-1-7-23(34)17-27(35)33-26-9-3-5-20-15-19(10-13-25(20)26)18-32-22-11-12-22/h4,6,8,10,13,15-16,22-23,26,32H,1-3,5,7,9,11-12,14,17-18H2,(H,33,35)/t23?,26-/m1/s1. The first kappa shape index (κ1) is 27.1. The molecule has 1 unspecified atom stereocenters. The summed E-state index contributed by atoms with van der Waals surface area (Å²) in [5, 5.41) is 6.65. The maximum absolute atomic E-state index is 13.4. The van der Waals surface area contributed by atoms with Gasteiger partial charge in [0.15, 0.2) is 0 Å². The van der Waals surface area contributed by atoms with Crippen LogP contribution in [0.25, 0.3) is 0 Å². The van der Waals surface area contributed by atoms with E-state index in [-0.39, 0.29) is 24.9 Å². The number of carbonyl (C=O) groups excluding carboxylic acids is 1. The van der Waals surface area contributed by atoms with Gasteiger partial charge in [0.25, 0.3) is 0 Å². The molecular formula is C28H34F3N3O3S. The number of rotatable bonds is 8. The first-order chi connectivity index (χ1) is 18.1. The smallest absolute Gasteiger partial charge is 0.349 e. The molecule has 3 aliphatic rings. The Balaban J connectivity index is 1.27. The summed E-state index contributed by atoms with van der Waals surface area (Å²) in [5.74, 6) is -0.238. The van der Waals surface area contributed by atoms with Gasteiger partial charge in [0.05, 0.1) is 16.5 Å². The van der Waals surface area contributed by atoms with Gasteiger partial charge in [0.1, 0.15) is 0 Å². The summed E-state index contributed by atoms with van der Waals surface area (Å²) in [6.45, 7) is 1.02. The largest absolute Gasteiger partial charge is 0.416 e. The van der Waals surface area contributed by atoms with Crippen LogP contribution in [0.5, 0.6) is 0 Å². The molecule has 5 rings (SSSR count). The molecule has 2 aromatic carbocycles. The van der Waals surface area contributed by atoms with Crippen LogP contribution in [0.2, 0.25) is 0 Å². The van der Waals surface area contributed by atoms with E-state index in [2.05, 4.69) is 28.8 Å². The molecule has 2 N–H and O–H groups in total. The maximum Gasteiger partial charge on any atom is 0.416 e. The highest BCUT2D eigenvalue weighted by Crippen LogP contribution is 2.34. The zero-order valence-electron chi connectivity index (χ0n) is 21.3. The van der Waals surface area contributed by atoms with Crippen molar-refractivity contribution < 1.29 is 26.4 Å². The second-order valence-electron chi connectivity index (χ2n) is 10.7. The number of alkyl halides is 3. The Morgan fingerprint density at radius 3 is 2.58 bits per heavy atom. The highest BCUT2D eigenvalue weighted by Gasteiger charge is 2.37. The molecule has 2 aliphatic carbocycles. The molecule has 38 heavy (non-hydrogen) atoms. The van der Waals surface area contributed by atoms with Crippen LogP contribution in [0.3, 0.4) is 0 Å². The molecule has 0 aromatic heterocycles. The monoisotopic (exact) mass is 549 g/mol. The summed E-state index contributed by atoms with van der Waals surface area (Å²) in [7, 11) is -4.19. The molecule has 2 aromatic rings. The number of nitrogens with zero attached hydrogens (tertiary/aromatic N) is 1. The van der Waals surface area contributed by atoms with Crippen molar-refractivity contribution in [1.29, 1.82) is 0 Å². The summed E-state index contributed by atoms with van der Waals surface area (Å²) in [6.07, 6.45) is 2.39. The third-order valence-corrected chi connectivity index (χ3v) is 9.74. The third kappa shape index (κ3) is 6.24. The minimum atomic E-state index is -4.64. The molecule has 1 heterocycles. The Bertz CT molecular complexity index is 1280. The molecule has 0 spiro atoms. The van der Waals surface area contributed by atoms with Gasteiger partial charge < -0.3 is 10.6 Å². The summed E-state index contributed by atoms with van der Waals surface area (Å²) < 4.78 is 67.6. The van der Waals surface area contributed by atoms with Crippen LogP contribution in [0, 0.1) is 0 Å². The molecule has 10 heteroatoms. The SMILES string of the molecule is O=C(CC1CCCCN1S(=O)(=O)c1cccc(C(F)(F)F)c1)N[C@@H]1CCCc2cc(CNC3CC3)ccc21. The molecule has 1 amide bonds. The molecule has 206 valence electrons. The van der Waals surface area contributed by atoms with Crippen molar-refractivity contribution in [3.05, 3.63) is 64.7 Å². The highest BCUT2D eigenvalue weighted by atomic mass is 32.2. The Hall–Kier alpha value is -2.43. The summed E-state index contributed by atoms with van der Waals surface area (Å²) >= 11 is 0. The van der Waals surface area contributed by atoms with E-state index in [1.807, 2.05) is 0 Å². The number of sulfonamides is 1. The van der Waals surface area contributed by atoms with Gasteiger partial charge in [0, 0.05) is 31.6 Å². The maximum atomic E-state index is 13.4. The van der Waals surface area contributed by atoms with Crippen molar-refractivity contribution in [2.24, 2.45) is 0 Å². The van der Waals surface area contributed by atoms with E-state index in [0.29, 0.717) is 24.9 Å². The van der Waals surface area contributed by atoms with Crippen LogP contribution in [0.4, 0.5) is 13.2 Å². The molecule has 2 atom stereocenters. The van der Waals surface area contributed by atoms with Gasteiger partial charge in [-0.2, -0.15) is 17.5 Å². The lowest BCUT2D eigenvalue weighted by atomic mass is 9.86. The summed E-state index contributed by atoms with van der Waals surface area (Å²) in [4.78, 5) is 12.7. The van der Waals surface area contributed by atoms with E-state index in [0.717, 1.165) is 49.9 Å². The van der Waals surface area contributed by atoms with Crippen molar-refractivity contribution in [3.8, 4) is 0 Å². The van der Waals surface area contributed by atoms with E-state index in [1.54, 1.807) is 0 Å².